The molecule has 0 aromatic rings. The molecular weight excluding hydrogens is 162 g/mol. The molecule has 4 heteroatoms. The summed E-state index contributed by atoms with van der Waals surface area (Å²) in [6, 6.07) is 0. The van der Waals surface area contributed by atoms with E-state index in [9.17, 15) is 8.76 Å². The molecule has 1 fully saturated rings. The fourth-order valence-corrected chi connectivity index (χ4v) is 2.01. The maximum Gasteiger partial charge on any atom is 0.0494 e. The van der Waals surface area contributed by atoms with Gasteiger partial charge in [-0.1, -0.05) is 18.6 Å². The second kappa shape index (κ2) is 3.19. The molecule has 0 aliphatic heterocycles. The van der Waals surface area contributed by atoms with E-state index in [0.29, 0.717) is 0 Å². The lowest BCUT2D eigenvalue weighted by molar-refractivity contribution is 0.534. The van der Waals surface area contributed by atoms with Crippen molar-refractivity contribution in [1.29, 1.82) is 0 Å². The molecular formula is C7H10NO2S-. The third kappa shape index (κ3) is 1.70. The first kappa shape index (κ1) is 8.49. The maximum absolute atomic E-state index is 10.4. The Labute approximate surface area is 68.3 Å². The number of hydrogen-bond donors (Lipinski definition) is 1. The topological polar surface area (TPSA) is 66.2 Å². The molecule has 11 heavy (non-hydrogen) atoms. The highest BCUT2D eigenvalue weighted by Gasteiger charge is 2.40. The van der Waals surface area contributed by atoms with Gasteiger partial charge in [-0.05, 0) is 29.3 Å². The first-order valence-electron chi connectivity index (χ1n) is 3.35. The van der Waals surface area contributed by atoms with Gasteiger partial charge in [0.1, 0.15) is 0 Å². The zero-order valence-corrected chi connectivity index (χ0v) is 7.01. The lowest BCUT2D eigenvalue weighted by Gasteiger charge is -1.98. The van der Waals surface area contributed by atoms with Gasteiger partial charge in [0.25, 0.3) is 0 Å². The minimum atomic E-state index is -1.96. The number of allylic oxidation sites excluding steroid dienone is 2. The van der Waals surface area contributed by atoms with E-state index in [4.69, 9.17) is 5.73 Å². The van der Waals surface area contributed by atoms with E-state index >= 15 is 0 Å². The van der Waals surface area contributed by atoms with Crippen LogP contribution in [0.1, 0.15) is 6.92 Å². The lowest BCUT2D eigenvalue weighted by Crippen LogP contribution is -1.95. The predicted octanol–water partition coefficient (Wildman–Crippen LogP) is 0.283. The summed E-state index contributed by atoms with van der Waals surface area (Å²) in [5.74, 6) is 0.171. The van der Waals surface area contributed by atoms with Crippen LogP contribution in [0.4, 0.5) is 0 Å². The maximum atomic E-state index is 10.4. The Kier molecular flexibility index (Phi) is 2.46. The van der Waals surface area contributed by atoms with Crippen molar-refractivity contribution in [1.82, 2.24) is 0 Å². The van der Waals surface area contributed by atoms with Crippen molar-refractivity contribution in [3.63, 3.8) is 0 Å². The van der Waals surface area contributed by atoms with Gasteiger partial charge in [0.2, 0.25) is 0 Å². The Bertz CT molecular complexity index is 235. The highest BCUT2D eigenvalue weighted by atomic mass is 32.2. The summed E-state index contributed by atoms with van der Waals surface area (Å²) in [7, 11) is 0. The molecule has 3 atom stereocenters. The van der Waals surface area contributed by atoms with Gasteiger partial charge in [-0.25, -0.2) is 0 Å². The van der Waals surface area contributed by atoms with E-state index in [-0.39, 0.29) is 11.2 Å². The Morgan fingerprint density at radius 2 is 2.36 bits per heavy atom. The molecule has 0 bridgehead atoms. The van der Waals surface area contributed by atoms with Crippen LogP contribution in [0.15, 0.2) is 23.9 Å². The molecule has 0 heterocycles. The molecule has 0 radical (unpaired) electrons. The van der Waals surface area contributed by atoms with Gasteiger partial charge in [-0.15, -0.1) is 0 Å². The first-order valence-corrected chi connectivity index (χ1v) is 4.48. The number of hydrogen-bond acceptors (Lipinski definition) is 3. The number of rotatable bonds is 2. The van der Waals surface area contributed by atoms with Crippen LogP contribution in [0, 0.1) is 5.92 Å². The minimum absolute atomic E-state index is 0.171. The summed E-state index contributed by atoms with van der Waals surface area (Å²) in [5, 5.41) is -0.272. The Balaban J connectivity index is 2.60. The molecule has 1 saturated carbocycles. The van der Waals surface area contributed by atoms with Crippen LogP contribution in [-0.4, -0.2) is 14.0 Å². The van der Waals surface area contributed by atoms with Crippen molar-refractivity contribution < 1.29 is 8.76 Å². The van der Waals surface area contributed by atoms with Crippen LogP contribution in [0.3, 0.4) is 0 Å². The zero-order valence-electron chi connectivity index (χ0n) is 6.19. The Morgan fingerprint density at radius 3 is 2.73 bits per heavy atom. The molecule has 3 nitrogen and oxygen atoms in total. The zero-order chi connectivity index (χ0) is 8.43. The van der Waals surface area contributed by atoms with Crippen LogP contribution in [0.5, 0.6) is 0 Å². The predicted molar refractivity (Wildman–Crippen MR) is 43.3 cm³/mol. The van der Waals surface area contributed by atoms with E-state index in [2.05, 4.69) is 0 Å². The molecule has 0 saturated heterocycles. The average Bonchev–Trinajstić information content (AvgIpc) is 2.57. The highest BCUT2D eigenvalue weighted by molar-refractivity contribution is 7.80. The second-order valence-electron chi connectivity index (χ2n) is 2.52. The molecule has 0 amide bonds. The molecule has 1 rings (SSSR count). The third-order valence-corrected chi connectivity index (χ3v) is 2.90. The van der Waals surface area contributed by atoms with Gasteiger partial charge in [-0.3, -0.25) is 4.21 Å². The van der Waals surface area contributed by atoms with Crippen LogP contribution < -0.4 is 5.73 Å². The molecule has 2 N–H and O–H groups in total. The summed E-state index contributed by atoms with van der Waals surface area (Å²) in [6.45, 7) is 1.89. The van der Waals surface area contributed by atoms with Crippen molar-refractivity contribution >= 4 is 11.1 Å². The van der Waals surface area contributed by atoms with Crippen molar-refractivity contribution in [2.45, 2.75) is 12.2 Å². The lowest BCUT2D eigenvalue weighted by atomic mass is 10.4. The van der Waals surface area contributed by atoms with E-state index < -0.39 is 11.1 Å². The van der Waals surface area contributed by atoms with E-state index in [1.54, 1.807) is 12.2 Å². The molecule has 3 unspecified atom stereocenters. The van der Waals surface area contributed by atoms with Crippen molar-refractivity contribution in [3.05, 3.63) is 23.9 Å². The van der Waals surface area contributed by atoms with Crippen molar-refractivity contribution in [2.75, 3.05) is 0 Å². The first-order chi connectivity index (χ1) is 5.18. The summed E-state index contributed by atoms with van der Waals surface area (Å²) in [4.78, 5) is 0. The van der Waals surface area contributed by atoms with Gasteiger partial charge >= 0.3 is 0 Å². The monoisotopic (exact) mass is 172 g/mol. The summed E-state index contributed by atoms with van der Waals surface area (Å²) >= 11 is -1.96. The van der Waals surface area contributed by atoms with Crippen molar-refractivity contribution in [3.8, 4) is 0 Å². The summed E-state index contributed by atoms with van der Waals surface area (Å²) < 4.78 is 20.9. The standard InChI is InChI=1S/C7H11NO2S/c1-5-6(3-2-4-8)7(5)11(9)10/h2-5,7H,8H2,1H3,(H,9,10)/p-1. The van der Waals surface area contributed by atoms with Gasteiger partial charge < -0.3 is 10.3 Å². The second-order valence-corrected chi connectivity index (χ2v) is 3.55. The molecule has 1 aliphatic carbocycles. The summed E-state index contributed by atoms with van der Waals surface area (Å²) in [6.07, 6.45) is 4.80. The van der Waals surface area contributed by atoms with E-state index in [0.717, 1.165) is 5.57 Å². The van der Waals surface area contributed by atoms with Crippen LogP contribution in [-0.2, 0) is 11.1 Å². The average molecular weight is 172 g/mol. The Hall–Kier alpha value is -0.610. The molecule has 0 aromatic carbocycles. The SMILES string of the molecule is CC1C(=CC=CN)C1S(=O)[O-]. The Morgan fingerprint density at radius 1 is 1.73 bits per heavy atom. The molecule has 1 aliphatic rings. The normalized spacial score (nSPS) is 36.4. The van der Waals surface area contributed by atoms with Gasteiger partial charge in [0.15, 0.2) is 0 Å². The molecule has 0 aromatic heterocycles. The summed E-state index contributed by atoms with van der Waals surface area (Å²) in [5.41, 5.74) is 6.04. The van der Waals surface area contributed by atoms with Crippen LogP contribution in [0.25, 0.3) is 0 Å². The van der Waals surface area contributed by atoms with E-state index in [1.165, 1.54) is 6.20 Å². The number of nitrogens with two attached hydrogens (primary N) is 1. The molecule has 62 valence electrons. The van der Waals surface area contributed by atoms with Gasteiger partial charge in [-0.2, -0.15) is 0 Å². The fourth-order valence-electron chi connectivity index (χ4n) is 1.08. The van der Waals surface area contributed by atoms with Crippen molar-refractivity contribution in [2.24, 2.45) is 11.7 Å². The quantitative estimate of drug-likeness (QED) is 0.608. The van der Waals surface area contributed by atoms with Crippen LogP contribution in [0.2, 0.25) is 0 Å². The van der Waals surface area contributed by atoms with Gasteiger partial charge in [0.05, 0.1) is 0 Å². The smallest absolute Gasteiger partial charge is 0.0494 e. The van der Waals surface area contributed by atoms with Crippen LogP contribution >= 0.6 is 0 Å². The third-order valence-electron chi connectivity index (χ3n) is 1.81. The highest BCUT2D eigenvalue weighted by Crippen LogP contribution is 2.41. The fraction of sp³-hybridized carbons (Fsp3) is 0.429. The largest absolute Gasteiger partial charge is 0.772 e. The van der Waals surface area contributed by atoms with E-state index in [1.807, 2.05) is 6.92 Å². The minimum Gasteiger partial charge on any atom is -0.772 e. The van der Waals surface area contributed by atoms with Gasteiger partial charge in [0, 0.05) is 5.25 Å². The molecule has 0 spiro atoms.